The zero-order valence-electron chi connectivity index (χ0n) is 22.4. The Morgan fingerprint density at radius 2 is 1.86 bits per heavy atom. The standard InChI is InChI=1S/C15H15N5O2.C14H12N4O2/c16-12(14-18-19-15(21)22-14)10-20(11-6-2-1-3-7-11)13-8-4-5-9-17-13;1-15-14-16-5-4-11(18-14)12-7-9-6-8(13(19)20)2-3-10(9)17-12/h1-9,12H,10,16H2,(H,19,21);2-7,17H,1H3,(H,19,20)(H,15,16,18)/t12-;/m0./s1. The summed E-state index contributed by atoms with van der Waals surface area (Å²) in [4.78, 5) is 39.9. The maximum absolute atomic E-state index is 11.1. The smallest absolute Gasteiger partial charge is 0.434 e. The van der Waals surface area contributed by atoms with Gasteiger partial charge in [0.05, 0.1) is 17.0 Å². The molecule has 4 heterocycles. The summed E-state index contributed by atoms with van der Waals surface area (Å²) in [5.74, 6) is -0.0972. The van der Waals surface area contributed by atoms with Crippen LogP contribution in [0.5, 0.6) is 0 Å². The fourth-order valence-electron chi connectivity index (χ4n) is 4.16. The van der Waals surface area contributed by atoms with E-state index in [9.17, 15) is 9.59 Å². The number of benzene rings is 2. The molecular weight excluding hydrogens is 538 g/mol. The van der Waals surface area contributed by atoms with Crippen molar-refractivity contribution in [1.82, 2.24) is 30.1 Å². The Morgan fingerprint density at radius 1 is 1.05 bits per heavy atom. The Labute approximate surface area is 239 Å². The number of fused-ring (bicyclic) bond motifs is 1. The second-order valence-electron chi connectivity index (χ2n) is 9.00. The second-order valence-corrected chi connectivity index (χ2v) is 9.00. The van der Waals surface area contributed by atoms with Gasteiger partial charge in [-0.15, -0.1) is 5.10 Å². The molecule has 212 valence electrons. The van der Waals surface area contributed by atoms with E-state index in [2.05, 4.69) is 35.5 Å². The van der Waals surface area contributed by atoms with Crippen molar-refractivity contribution >= 4 is 34.3 Å². The van der Waals surface area contributed by atoms with Gasteiger partial charge in [0, 0.05) is 42.6 Å². The number of carboxylic acid groups (broad SMARTS) is 1. The number of carbonyl (C=O) groups is 1. The van der Waals surface area contributed by atoms with Crippen molar-refractivity contribution in [3.05, 3.63) is 113 Å². The van der Waals surface area contributed by atoms with Crippen LogP contribution in [0.15, 0.2) is 100 Å². The van der Waals surface area contributed by atoms with Crippen molar-refractivity contribution in [3.8, 4) is 11.4 Å². The topological polar surface area (TPSA) is 192 Å². The zero-order chi connectivity index (χ0) is 29.5. The number of nitrogens with one attached hydrogen (secondary N) is 3. The molecular formula is C29H27N9O4. The molecule has 2 aromatic carbocycles. The molecule has 0 spiro atoms. The van der Waals surface area contributed by atoms with Crippen molar-refractivity contribution in [3.63, 3.8) is 0 Å². The van der Waals surface area contributed by atoms with Gasteiger partial charge < -0.3 is 30.5 Å². The maximum atomic E-state index is 11.1. The van der Waals surface area contributed by atoms with Gasteiger partial charge in [-0.1, -0.05) is 24.3 Å². The van der Waals surface area contributed by atoms with Crippen LogP contribution in [0.4, 0.5) is 17.5 Å². The molecule has 42 heavy (non-hydrogen) atoms. The highest BCUT2D eigenvalue weighted by Crippen LogP contribution is 2.26. The van der Waals surface area contributed by atoms with Crippen LogP contribution in [0.1, 0.15) is 22.3 Å². The first kappa shape index (κ1) is 27.7. The average Bonchev–Trinajstić information content (AvgIpc) is 3.67. The van der Waals surface area contributed by atoms with Gasteiger partial charge in [0.25, 0.3) is 0 Å². The number of rotatable bonds is 8. The van der Waals surface area contributed by atoms with E-state index in [0.29, 0.717) is 12.5 Å². The quantitative estimate of drug-likeness (QED) is 0.179. The third-order valence-corrected chi connectivity index (χ3v) is 6.17. The van der Waals surface area contributed by atoms with Gasteiger partial charge in [-0.25, -0.2) is 29.6 Å². The number of hydrogen-bond acceptors (Lipinski definition) is 10. The summed E-state index contributed by atoms with van der Waals surface area (Å²) < 4.78 is 4.92. The number of nitrogens with two attached hydrogens (primary N) is 1. The molecule has 0 unspecified atom stereocenters. The number of para-hydroxylation sites is 1. The minimum Gasteiger partial charge on any atom is -0.478 e. The zero-order valence-corrected chi connectivity index (χ0v) is 22.4. The monoisotopic (exact) mass is 565 g/mol. The number of aromatic amines is 2. The number of hydrogen-bond donors (Lipinski definition) is 5. The van der Waals surface area contributed by atoms with Gasteiger partial charge in [0.1, 0.15) is 11.9 Å². The fraction of sp³-hybridized carbons (Fsp3) is 0.103. The molecule has 0 aliphatic rings. The first-order valence-electron chi connectivity index (χ1n) is 12.8. The molecule has 0 fully saturated rings. The Kier molecular flexibility index (Phi) is 8.30. The highest BCUT2D eigenvalue weighted by Gasteiger charge is 2.19. The molecule has 13 heteroatoms. The van der Waals surface area contributed by atoms with E-state index in [1.807, 2.05) is 59.5 Å². The highest BCUT2D eigenvalue weighted by atomic mass is 16.4. The first-order valence-corrected chi connectivity index (χ1v) is 12.8. The van der Waals surface area contributed by atoms with Crippen LogP contribution in [0.2, 0.25) is 0 Å². The van der Waals surface area contributed by atoms with Crippen molar-refractivity contribution < 1.29 is 14.3 Å². The Bertz CT molecular complexity index is 1800. The van der Waals surface area contributed by atoms with Crippen molar-refractivity contribution in [2.75, 3.05) is 23.8 Å². The van der Waals surface area contributed by atoms with E-state index < -0.39 is 17.8 Å². The Morgan fingerprint density at radius 3 is 2.55 bits per heavy atom. The van der Waals surface area contributed by atoms with E-state index >= 15 is 0 Å². The predicted octanol–water partition coefficient (Wildman–Crippen LogP) is 3.96. The lowest BCUT2D eigenvalue weighted by Crippen LogP contribution is -2.29. The van der Waals surface area contributed by atoms with E-state index in [1.54, 1.807) is 43.7 Å². The lowest BCUT2D eigenvalue weighted by molar-refractivity contribution is 0.0697. The largest absolute Gasteiger partial charge is 0.478 e. The highest BCUT2D eigenvalue weighted by molar-refractivity contribution is 5.95. The fourth-order valence-corrected chi connectivity index (χ4v) is 4.16. The van der Waals surface area contributed by atoms with Gasteiger partial charge >= 0.3 is 11.7 Å². The average molecular weight is 566 g/mol. The summed E-state index contributed by atoms with van der Waals surface area (Å²) in [6.45, 7) is 0.370. The van der Waals surface area contributed by atoms with Gasteiger partial charge in [-0.3, -0.25) is 0 Å². The van der Waals surface area contributed by atoms with Crippen molar-refractivity contribution in [1.29, 1.82) is 0 Å². The summed E-state index contributed by atoms with van der Waals surface area (Å²) >= 11 is 0. The SMILES string of the molecule is CNc1nccc(-c2cc3cc(C(=O)O)ccc3[nH]2)n1.N[C@@H](CN(c1ccccc1)c1ccccn1)c1n[nH]c(=O)o1. The summed E-state index contributed by atoms with van der Waals surface area (Å²) in [5.41, 5.74) is 9.74. The normalized spacial score (nSPS) is 11.4. The molecule has 0 aliphatic carbocycles. The number of aromatic carboxylic acids is 1. The minimum atomic E-state index is -0.936. The van der Waals surface area contributed by atoms with E-state index in [-0.39, 0.29) is 11.5 Å². The molecule has 6 N–H and O–H groups in total. The maximum Gasteiger partial charge on any atom is 0.434 e. The molecule has 0 bridgehead atoms. The van der Waals surface area contributed by atoms with Crippen molar-refractivity contribution in [2.45, 2.75) is 6.04 Å². The molecule has 13 nitrogen and oxygen atoms in total. The molecule has 0 saturated carbocycles. The van der Waals surface area contributed by atoms with Crippen LogP contribution in [-0.4, -0.2) is 54.8 Å². The predicted molar refractivity (Wildman–Crippen MR) is 158 cm³/mol. The summed E-state index contributed by atoms with van der Waals surface area (Å²) in [7, 11) is 1.75. The van der Waals surface area contributed by atoms with Crippen LogP contribution in [0, 0.1) is 0 Å². The number of pyridine rings is 1. The first-order chi connectivity index (χ1) is 20.4. The van der Waals surface area contributed by atoms with Crippen LogP contribution in [-0.2, 0) is 0 Å². The molecule has 1 atom stereocenters. The van der Waals surface area contributed by atoms with Crippen LogP contribution >= 0.6 is 0 Å². The lowest BCUT2D eigenvalue weighted by atomic mass is 10.1. The van der Waals surface area contributed by atoms with Crippen LogP contribution < -0.4 is 21.7 Å². The number of nitrogens with zero attached hydrogens (tertiary/aromatic N) is 5. The number of H-pyrrole nitrogens is 2. The van der Waals surface area contributed by atoms with E-state index in [4.69, 9.17) is 15.3 Å². The molecule has 6 aromatic rings. The summed E-state index contributed by atoms with van der Waals surface area (Å²) in [6.07, 6.45) is 3.38. The summed E-state index contributed by atoms with van der Waals surface area (Å²) in [5, 5.41) is 18.7. The Balaban J connectivity index is 0.000000169. The molecule has 6 rings (SSSR count). The van der Waals surface area contributed by atoms with Crippen LogP contribution in [0.25, 0.3) is 22.3 Å². The van der Waals surface area contributed by atoms with Gasteiger partial charge in [-0.05, 0) is 54.6 Å². The van der Waals surface area contributed by atoms with Crippen LogP contribution in [0.3, 0.4) is 0 Å². The molecule has 0 radical (unpaired) electrons. The summed E-state index contributed by atoms with van der Waals surface area (Å²) in [6, 6.07) is 23.4. The van der Waals surface area contributed by atoms with Crippen molar-refractivity contribution in [2.24, 2.45) is 5.73 Å². The number of carboxylic acids is 1. The minimum absolute atomic E-state index is 0.168. The molecule has 0 saturated heterocycles. The molecule has 0 amide bonds. The lowest BCUT2D eigenvalue weighted by Gasteiger charge is -2.25. The van der Waals surface area contributed by atoms with Gasteiger partial charge in [-0.2, -0.15) is 0 Å². The van der Waals surface area contributed by atoms with Gasteiger partial charge in [0.15, 0.2) is 0 Å². The van der Waals surface area contributed by atoms with Gasteiger partial charge in [0.2, 0.25) is 11.8 Å². The number of aromatic nitrogens is 6. The molecule has 4 aromatic heterocycles. The third-order valence-electron chi connectivity index (χ3n) is 6.17. The second kappa shape index (κ2) is 12.6. The number of anilines is 3. The van der Waals surface area contributed by atoms with E-state index in [1.165, 1.54) is 0 Å². The Hall–Kier alpha value is -5.82. The molecule has 0 aliphatic heterocycles. The van der Waals surface area contributed by atoms with E-state index in [0.717, 1.165) is 33.8 Å². The third kappa shape index (κ3) is 6.48.